The molecule has 0 aromatic carbocycles. The zero-order valence-electron chi connectivity index (χ0n) is 8.42. The molecule has 0 radical (unpaired) electrons. The summed E-state index contributed by atoms with van der Waals surface area (Å²) in [4.78, 5) is 15.7. The molecule has 1 aliphatic rings. The lowest BCUT2D eigenvalue weighted by molar-refractivity contribution is 0.187. The van der Waals surface area contributed by atoms with Crippen molar-refractivity contribution in [1.82, 2.24) is 15.3 Å². The van der Waals surface area contributed by atoms with Gasteiger partial charge in [-0.25, -0.2) is 9.80 Å². The van der Waals surface area contributed by atoms with Gasteiger partial charge in [0.2, 0.25) is 0 Å². The number of hydrogen-bond donors (Lipinski definition) is 1. The second-order valence-electron chi connectivity index (χ2n) is 3.20. The fourth-order valence-corrected chi connectivity index (χ4v) is 1.54. The van der Waals surface area contributed by atoms with Gasteiger partial charge in [0.25, 0.3) is 0 Å². The van der Waals surface area contributed by atoms with E-state index in [1.54, 1.807) is 19.5 Å². The fourth-order valence-electron chi connectivity index (χ4n) is 1.54. The molecule has 0 spiro atoms. The van der Waals surface area contributed by atoms with E-state index in [-0.39, 0.29) is 12.1 Å². The van der Waals surface area contributed by atoms with Gasteiger partial charge in [0.15, 0.2) is 0 Å². The van der Waals surface area contributed by atoms with E-state index >= 15 is 0 Å². The van der Waals surface area contributed by atoms with Crippen LogP contribution in [0.4, 0.5) is 4.79 Å². The quantitative estimate of drug-likeness (QED) is 0.746. The SMILES string of the molecule is CNC(=O)N1N=CCC1c1ccccn1. The lowest BCUT2D eigenvalue weighted by Crippen LogP contribution is -2.34. The van der Waals surface area contributed by atoms with Crippen molar-refractivity contribution in [3.63, 3.8) is 0 Å². The predicted octanol–water partition coefficient (Wildman–Crippen LogP) is 1.15. The standard InChI is InChI=1S/C10H12N4O/c1-11-10(15)14-9(5-7-13-14)8-4-2-3-6-12-8/h2-4,6-7,9H,5H2,1H3,(H,11,15). The van der Waals surface area contributed by atoms with Crippen LogP contribution in [0.2, 0.25) is 0 Å². The molecule has 2 amide bonds. The van der Waals surface area contributed by atoms with Crippen molar-refractivity contribution in [3.05, 3.63) is 30.1 Å². The predicted molar refractivity (Wildman–Crippen MR) is 56.4 cm³/mol. The Bertz CT molecular complexity index is 376. The molecular formula is C10H12N4O. The molecule has 0 saturated heterocycles. The number of pyridine rings is 1. The summed E-state index contributed by atoms with van der Waals surface area (Å²) in [5.74, 6) is 0. The third kappa shape index (κ3) is 1.81. The van der Waals surface area contributed by atoms with Crippen LogP contribution >= 0.6 is 0 Å². The normalized spacial score (nSPS) is 19.3. The van der Waals surface area contributed by atoms with Gasteiger partial charge in [-0.1, -0.05) is 6.07 Å². The number of amides is 2. The number of rotatable bonds is 1. The monoisotopic (exact) mass is 204 g/mol. The van der Waals surface area contributed by atoms with Gasteiger partial charge >= 0.3 is 6.03 Å². The molecule has 5 heteroatoms. The van der Waals surface area contributed by atoms with Crippen LogP contribution in [0.3, 0.4) is 0 Å². The Morgan fingerprint density at radius 3 is 3.13 bits per heavy atom. The molecule has 15 heavy (non-hydrogen) atoms. The highest BCUT2D eigenvalue weighted by atomic mass is 16.2. The summed E-state index contributed by atoms with van der Waals surface area (Å²) >= 11 is 0. The Morgan fingerprint density at radius 2 is 2.47 bits per heavy atom. The number of urea groups is 1. The number of nitrogens with one attached hydrogen (secondary N) is 1. The number of aromatic nitrogens is 1. The summed E-state index contributed by atoms with van der Waals surface area (Å²) in [5, 5.41) is 7.99. The molecule has 1 atom stereocenters. The van der Waals surface area contributed by atoms with Crippen molar-refractivity contribution in [3.8, 4) is 0 Å². The van der Waals surface area contributed by atoms with Gasteiger partial charge in [-0.3, -0.25) is 4.98 Å². The molecule has 1 aromatic rings. The minimum absolute atomic E-state index is 0.0776. The van der Waals surface area contributed by atoms with Crippen LogP contribution in [0, 0.1) is 0 Å². The largest absolute Gasteiger partial charge is 0.340 e. The molecule has 1 unspecified atom stereocenters. The van der Waals surface area contributed by atoms with Gasteiger partial charge in [-0.15, -0.1) is 0 Å². The summed E-state index contributed by atoms with van der Waals surface area (Å²) < 4.78 is 0. The van der Waals surface area contributed by atoms with Crippen LogP contribution in [0.25, 0.3) is 0 Å². The lowest BCUT2D eigenvalue weighted by Gasteiger charge is -2.20. The second kappa shape index (κ2) is 4.08. The molecule has 5 nitrogen and oxygen atoms in total. The lowest BCUT2D eigenvalue weighted by atomic mass is 10.1. The molecule has 1 aromatic heterocycles. The van der Waals surface area contributed by atoms with Crippen LogP contribution in [-0.2, 0) is 0 Å². The van der Waals surface area contributed by atoms with E-state index in [1.807, 2.05) is 18.2 Å². The highest BCUT2D eigenvalue weighted by Crippen LogP contribution is 2.25. The Kier molecular flexibility index (Phi) is 2.62. The summed E-state index contributed by atoms with van der Waals surface area (Å²) in [6.45, 7) is 0. The van der Waals surface area contributed by atoms with Crippen molar-refractivity contribution < 1.29 is 4.79 Å². The minimum Gasteiger partial charge on any atom is -0.340 e. The number of carbonyl (C=O) groups is 1. The van der Waals surface area contributed by atoms with E-state index in [9.17, 15) is 4.79 Å². The first-order valence-corrected chi connectivity index (χ1v) is 4.77. The fraction of sp³-hybridized carbons (Fsp3) is 0.300. The van der Waals surface area contributed by atoms with Gasteiger partial charge in [0, 0.05) is 25.9 Å². The van der Waals surface area contributed by atoms with Crippen molar-refractivity contribution >= 4 is 12.2 Å². The van der Waals surface area contributed by atoms with E-state index in [4.69, 9.17) is 0 Å². The molecule has 0 aliphatic carbocycles. The summed E-state index contributed by atoms with van der Waals surface area (Å²) in [6.07, 6.45) is 4.16. The number of carbonyl (C=O) groups excluding carboxylic acids is 1. The highest BCUT2D eigenvalue weighted by molar-refractivity contribution is 5.77. The Labute approximate surface area is 87.8 Å². The molecule has 0 bridgehead atoms. The molecule has 0 saturated carbocycles. The van der Waals surface area contributed by atoms with Gasteiger partial charge in [-0.05, 0) is 12.1 Å². The Balaban J connectivity index is 2.21. The van der Waals surface area contributed by atoms with Crippen LogP contribution < -0.4 is 5.32 Å². The number of hydrogen-bond acceptors (Lipinski definition) is 3. The smallest absolute Gasteiger partial charge is 0.338 e. The minimum atomic E-state index is -0.209. The van der Waals surface area contributed by atoms with Crippen LogP contribution in [0.1, 0.15) is 18.2 Å². The Hall–Kier alpha value is -1.91. The van der Waals surface area contributed by atoms with E-state index in [0.29, 0.717) is 6.42 Å². The first-order chi connectivity index (χ1) is 7.33. The zero-order chi connectivity index (χ0) is 10.7. The third-order valence-electron chi connectivity index (χ3n) is 2.28. The van der Waals surface area contributed by atoms with Gasteiger partial charge in [0.05, 0.1) is 5.69 Å². The van der Waals surface area contributed by atoms with Crippen LogP contribution in [0.5, 0.6) is 0 Å². The van der Waals surface area contributed by atoms with Crippen LogP contribution in [-0.4, -0.2) is 29.3 Å². The van der Waals surface area contributed by atoms with Crippen molar-refractivity contribution in [2.24, 2.45) is 5.10 Å². The Morgan fingerprint density at radius 1 is 1.60 bits per heavy atom. The van der Waals surface area contributed by atoms with Crippen LogP contribution in [0.15, 0.2) is 29.5 Å². The average Bonchev–Trinajstić information content (AvgIpc) is 2.78. The van der Waals surface area contributed by atoms with E-state index in [0.717, 1.165) is 5.69 Å². The molecule has 78 valence electrons. The summed E-state index contributed by atoms with van der Waals surface area (Å²) in [5.41, 5.74) is 0.860. The van der Waals surface area contributed by atoms with Gasteiger partial charge in [-0.2, -0.15) is 5.10 Å². The topological polar surface area (TPSA) is 57.6 Å². The molecule has 1 N–H and O–H groups in total. The highest BCUT2D eigenvalue weighted by Gasteiger charge is 2.28. The maximum atomic E-state index is 11.5. The summed E-state index contributed by atoms with van der Waals surface area (Å²) in [6, 6.07) is 5.37. The van der Waals surface area contributed by atoms with E-state index in [2.05, 4.69) is 15.4 Å². The van der Waals surface area contributed by atoms with Gasteiger partial charge in [0.1, 0.15) is 6.04 Å². The van der Waals surface area contributed by atoms with Crippen molar-refractivity contribution in [1.29, 1.82) is 0 Å². The second-order valence-corrected chi connectivity index (χ2v) is 3.20. The van der Waals surface area contributed by atoms with E-state index < -0.39 is 0 Å². The molecule has 1 aliphatic heterocycles. The molecule has 0 fully saturated rings. The molecular weight excluding hydrogens is 192 g/mol. The molecule has 2 rings (SSSR count). The third-order valence-corrected chi connectivity index (χ3v) is 2.28. The van der Waals surface area contributed by atoms with Gasteiger partial charge < -0.3 is 5.32 Å². The zero-order valence-corrected chi connectivity index (χ0v) is 8.42. The van der Waals surface area contributed by atoms with E-state index in [1.165, 1.54) is 5.01 Å². The maximum absolute atomic E-state index is 11.5. The first kappa shape index (κ1) is 9.64. The van der Waals surface area contributed by atoms with Crippen molar-refractivity contribution in [2.75, 3.05) is 7.05 Å². The first-order valence-electron chi connectivity index (χ1n) is 4.77. The summed E-state index contributed by atoms with van der Waals surface area (Å²) in [7, 11) is 1.59. The maximum Gasteiger partial charge on any atom is 0.338 e. The average molecular weight is 204 g/mol. The number of nitrogens with zero attached hydrogens (tertiary/aromatic N) is 3. The molecule has 2 heterocycles. The number of hydrazone groups is 1. The van der Waals surface area contributed by atoms with Crippen molar-refractivity contribution in [2.45, 2.75) is 12.5 Å².